The monoisotopic (exact) mass is 428 g/mol. The number of H-pyrrole nitrogens is 1. The van der Waals surface area contributed by atoms with Gasteiger partial charge in [0.15, 0.2) is 11.5 Å². The lowest BCUT2D eigenvalue weighted by Gasteiger charge is -2.14. The molecule has 8 heteroatoms. The number of aromatic amines is 1. The molecule has 0 atom stereocenters. The first kappa shape index (κ1) is 19.6. The number of aromatic nitrogens is 4. The molecule has 1 N–H and O–H groups in total. The topological polar surface area (TPSA) is 95.3 Å². The number of rotatable bonds is 6. The van der Waals surface area contributed by atoms with Crippen LogP contribution in [0.4, 0.5) is 0 Å². The van der Waals surface area contributed by atoms with Crippen molar-refractivity contribution in [3.63, 3.8) is 0 Å². The lowest BCUT2D eigenvalue weighted by molar-refractivity contribution is 0.324. The SMILES string of the molecule is COc1cc(-c2ccc(-c3noc(-c4ccc5[nH]ncc5c4)n3)cc2)cc(OC)c1OC. The zero-order chi connectivity index (χ0) is 22.1. The Morgan fingerprint density at radius 3 is 2.12 bits per heavy atom. The average Bonchev–Trinajstić information content (AvgIpc) is 3.52. The van der Waals surface area contributed by atoms with E-state index in [-0.39, 0.29) is 0 Å². The van der Waals surface area contributed by atoms with Crippen LogP contribution in [-0.4, -0.2) is 41.7 Å². The highest BCUT2D eigenvalue weighted by atomic mass is 16.5. The van der Waals surface area contributed by atoms with Crippen LogP contribution in [0.3, 0.4) is 0 Å². The molecule has 0 bridgehead atoms. The number of fused-ring (bicyclic) bond motifs is 1. The molecule has 0 spiro atoms. The fraction of sp³-hybridized carbons (Fsp3) is 0.125. The molecule has 0 unspecified atom stereocenters. The molecule has 32 heavy (non-hydrogen) atoms. The van der Waals surface area contributed by atoms with E-state index in [9.17, 15) is 0 Å². The van der Waals surface area contributed by atoms with Crippen LogP contribution >= 0.6 is 0 Å². The van der Waals surface area contributed by atoms with Crippen molar-refractivity contribution in [2.24, 2.45) is 0 Å². The van der Waals surface area contributed by atoms with Crippen molar-refractivity contribution in [3.05, 3.63) is 60.8 Å². The molecule has 0 saturated carbocycles. The van der Waals surface area contributed by atoms with Gasteiger partial charge in [-0.15, -0.1) is 0 Å². The van der Waals surface area contributed by atoms with Gasteiger partial charge in [-0.3, -0.25) is 5.10 Å². The van der Waals surface area contributed by atoms with Crippen molar-refractivity contribution < 1.29 is 18.7 Å². The van der Waals surface area contributed by atoms with Crippen LogP contribution in [0.2, 0.25) is 0 Å². The van der Waals surface area contributed by atoms with Gasteiger partial charge in [0.1, 0.15) is 0 Å². The molecule has 2 heterocycles. The maximum Gasteiger partial charge on any atom is 0.258 e. The van der Waals surface area contributed by atoms with Crippen LogP contribution in [0, 0.1) is 0 Å². The Morgan fingerprint density at radius 1 is 0.750 bits per heavy atom. The first-order chi connectivity index (χ1) is 15.7. The molecule has 0 saturated heterocycles. The third-order valence-electron chi connectivity index (χ3n) is 5.25. The van der Waals surface area contributed by atoms with E-state index in [0.29, 0.717) is 29.0 Å². The van der Waals surface area contributed by atoms with Crippen molar-refractivity contribution in [3.8, 4) is 51.2 Å². The summed E-state index contributed by atoms with van der Waals surface area (Å²) in [5.41, 5.74) is 4.57. The highest BCUT2D eigenvalue weighted by molar-refractivity contribution is 5.82. The minimum absolute atomic E-state index is 0.455. The molecule has 0 amide bonds. The minimum Gasteiger partial charge on any atom is -0.493 e. The molecule has 0 fully saturated rings. The van der Waals surface area contributed by atoms with Crippen LogP contribution in [0.5, 0.6) is 17.2 Å². The van der Waals surface area contributed by atoms with Gasteiger partial charge >= 0.3 is 0 Å². The van der Waals surface area contributed by atoms with Crippen LogP contribution in [0.15, 0.2) is 65.3 Å². The first-order valence-electron chi connectivity index (χ1n) is 9.88. The highest BCUT2D eigenvalue weighted by Crippen LogP contribution is 2.41. The van der Waals surface area contributed by atoms with Gasteiger partial charge in [0.2, 0.25) is 11.6 Å². The lowest BCUT2D eigenvalue weighted by atomic mass is 10.0. The molecule has 160 valence electrons. The minimum atomic E-state index is 0.455. The van der Waals surface area contributed by atoms with Gasteiger partial charge in [-0.2, -0.15) is 10.1 Å². The van der Waals surface area contributed by atoms with Crippen molar-refractivity contribution in [2.75, 3.05) is 21.3 Å². The number of ether oxygens (including phenoxy) is 3. The van der Waals surface area contributed by atoms with Crippen LogP contribution < -0.4 is 14.2 Å². The standard InChI is InChI=1S/C24H20N4O4/c1-29-20-11-17(12-21(30-2)22(20)31-3)14-4-6-15(7-5-14)23-26-24(32-28-23)16-8-9-19-18(10-16)13-25-27-19/h4-13H,1-3H3,(H,25,27). The number of nitrogens with zero attached hydrogens (tertiary/aromatic N) is 3. The van der Waals surface area contributed by atoms with Gasteiger partial charge in [-0.1, -0.05) is 29.4 Å². The van der Waals surface area contributed by atoms with E-state index in [1.54, 1.807) is 27.5 Å². The van der Waals surface area contributed by atoms with Gasteiger partial charge < -0.3 is 18.7 Å². The molecule has 3 aromatic carbocycles. The largest absolute Gasteiger partial charge is 0.493 e. The van der Waals surface area contributed by atoms with Crippen LogP contribution in [-0.2, 0) is 0 Å². The van der Waals surface area contributed by atoms with E-state index in [1.165, 1.54) is 0 Å². The van der Waals surface area contributed by atoms with E-state index in [1.807, 2.05) is 54.6 Å². The normalized spacial score (nSPS) is 11.0. The summed E-state index contributed by atoms with van der Waals surface area (Å²) in [6, 6.07) is 17.5. The van der Waals surface area contributed by atoms with Crippen molar-refractivity contribution in [2.45, 2.75) is 0 Å². The molecular formula is C24H20N4O4. The van der Waals surface area contributed by atoms with E-state index in [4.69, 9.17) is 18.7 Å². The van der Waals surface area contributed by atoms with E-state index in [0.717, 1.165) is 33.2 Å². The molecule has 8 nitrogen and oxygen atoms in total. The highest BCUT2D eigenvalue weighted by Gasteiger charge is 2.15. The quantitative estimate of drug-likeness (QED) is 0.408. The smallest absolute Gasteiger partial charge is 0.258 e. The fourth-order valence-corrected chi connectivity index (χ4v) is 3.59. The molecule has 2 aromatic heterocycles. The summed E-state index contributed by atoms with van der Waals surface area (Å²) < 4.78 is 21.8. The number of benzene rings is 3. The van der Waals surface area contributed by atoms with Crippen LogP contribution in [0.1, 0.15) is 0 Å². The second-order valence-electron chi connectivity index (χ2n) is 7.09. The van der Waals surface area contributed by atoms with Crippen molar-refractivity contribution in [1.82, 2.24) is 20.3 Å². The predicted molar refractivity (Wildman–Crippen MR) is 120 cm³/mol. The summed E-state index contributed by atoms with van der Waals surface area (Å²) >= 11 is 0. The number of nitrogens with one attached hydrogen (secondary N) is 1. The predicted octanol–water partition coefficient (Wildman–Crippen LogP) is 4.97. The summed E-state index contributed by atoms with van der Waals surface area (Å²) in [6.45, 7) is 0. The molecule has 5 rings (SSSR count). The Kier molecular flexibility index (Phi) is 4.95. The number of hydrogen-bond acceptors (Lipinski definition) is 7. The maximum atomic E-state index is 5.49. The summed E-state index contributed by atoms with van der Waals surface area (Å²) in [7, 11) is 4.78. The number of hydrogen-bond donors (Lipinski definition) is 1. The Balaban J connectivity index is 1.44. The van der Waals surface area contributed by atoms with Gasteiger partial charge in [0.05, 0.1) is 33.0 Å². The average molecular weight is 428 g/mol. The lowest BCUT2D eigenvalue weighted by Crippen LogP contribution is -1.95. The summed E-state index contributed by atoms with van der Waals surface area (Å²) in [5, 5.41) is 12.1. The Labute approximate surface area is 183 Å². The third-order valence-corrected chi connectivity index (χ3v) is 5.25. The molecular weight excluding hydrogens is 408 g/mol. The summed E-state index contributed by atoms with van der Waals surface area (Å²) in [5.74, 6) is 2.73. The maximum absolute atomic E-state index is 5.49. The Hall–Kier alpha value is -4.33. The van der Waals surface area contributed by atoms with Crippen molar-refractivity contribution in [1.29, 1.82) is 0 Å². The van der Waals surface area contributed by atoms with E-state index >= 15 is 0 Å². The zero-order valence-corrected chi connectivity index (χ0v) is 17.7. The van der Waals surface area contributed by atoms with Crippen molar-refractivity contribution >= 4 is 10.9 Å². The fourth-order valence-electron chi connectivity index (χ4n) is 3.59. The number of methoxy groups -OCH3 is 3. The molecule has 0 aliphatic heterocycles. The molecule has 5 aromatic rings. The summed E-state index contributed by atoms with van der Waals surface area (Å²) in [6.07, 6.45) is 1.76. The third kappa shape index (κ3) is 3.41. The molecule has 0 radical (unpaired) electrons. The first-order valence-corrected chi connectivity index (χ1v) is 9.88. The van der Waals surface area contributed by atoms with E-state index in [2.05, 4.69) is 20.3 Å². The Morgan fingerprint density at radius 2 is 1.44 bits per heavy atom. The van der Waals surface area contributed by atoms with E-state index < -0.39 is 0 Å². The van der Waals surface area contributed by atoms with Gasteiger partial charge in [0.25, 0.3) is 5.89 Å². The van der Waals surface area contributed by atoms with Gasteiger partial charge in [-0.25, -0.2) is 0 Å². The van der Waals surface area contributed by atoms with Gasteiger partial charge in [-0.05, 0) is 41.5 Å². The summed E-state index contributed by atoms with van der Waals surface area (Å²) in [4.78, 5) is 4.56. The van der Waals surface area contributed by atoms with Gasteiger partial charge in [0, 0.05) is 16.5 Å². The van der Waals surface area contributed by atoms with Crippen LogP contribution in [0.25, 0.3) is 44.9 Å². The second-order valence-corrected chi connectivity index (χ2v) is 7.09. The Bertz CT molecular complexity index is 1360. The zero-order valence-electron chi connectivity index (χ0n) is 17.7. The molecule has 0 aliphatic rings. The second kappa shape index (κ2) is 8.07. The molecule has 0 aliphatic carbocycles.